The highest BCUT2D eigenvalue weighted by atomic mass is 32.1. The summed E-state index contributed by atoms with van der Waals surface area (Å²) in [5.41, 5.74) is 8.36. The lowest BCUT2D eigenvalue weighted by molar-refractivity contribution is 0.334. The molecule has 6 nitrogen and oxygen atoms in total. The first-order valence-electron chi connectivity index (χ1n) is 7.33. The Morgan fingerprint density at radius 3 is 3.05 bits per heavy atom. The van der Waals surface area contributed by atoms with Gasteiger partial charge in [-0.15, -0.1) is 0 Å². The van der Waals surface area contributed by atoms with E-state index in [1.807, 2.05) is 13.1 Å². The van der Waals surface area contributed by atoms with Gasteiger partial charge in [0.25, 0.3) is 0 Å². The molecule has 2 N–H and O–H groups in total. The molecule has 1 aliphatic carbocycles. The standard InChI is InChI=1S/C14H18N6S/c1-9-17-13(21-19-9)20-6-2-4-14(8-20)5-3-10-7-16-12(15)18-11(10)14/h7H,2-6,8H2,1H3,(H2,15,16,18). The number of nitrogens with two attached hydrogens (primary N) is 1. The Morgan fingerprint density at radius 2 is 2.24 bits per heavy atom. The molecule has 1 spiro atoms. The van der Waals surface area contributed by atoms with Crippen molar-refractivity contribution in [1.29, 1.82) is 0 Å². The number of aromatic nitrogens is 4. The number of fused-ring (bicyclic) bond motifs is 2. The van der Waals surface area contributed by atoms with Gasteiger partial charge in [0.2, 0.25) is 11.1 Å². The molecular weight excluding hydrogens is 284 g/mol. The number of rotatable bonds is 1. The van der Waals surface area contributed by atoms with E-state index in [4.69, 9.17) is 5.73 Å². The molecule has 0 aromatic carbocycles. The lowest BCUT2D eigenvalue weighted by Gasteiger charge is -2.40. The van der Waals surface area contributed by atoms with Crippen LogP contribution in [-0.4, -0.2) is 32.4 Å². The van der Waals surface area contributed by atoms with E-state index in [0.29, 0.717) is 5.95 Å². The maximum absolute atomic E-state index is 5.81. The predicted octanol–water partition coefficient (Wildman–Crippen LogP) is 1.70. The first kappa shape index (κ1) is 12.9. The molecule has 0 bridgehead atoms. The molecule has 1 atom stereocenters. The van der Waals surface area contributed by atoms with Crippen molar-refractivity contribution in [3.63, 3.8) is 0 Å². The number of aryl methyl sites for hydroxylation is 2. The van der Waals surface area contributed by atoms with Crippen molar-refractivity contribution >= 4 is 22.6 Å². The van der Waals surface area contributed by atoms with Gasteiger partial charge in [0.15, 0.2) is 0 Å². The second-order valence-electron chi connectivity index (χ2n) is 6.03. The average molecular weight is 302 g/mol. The molecule has 2 aliphatic rings. The molecule has 2 aromatic rings. The van der Waals surface area contributed by atoms with E-state index in [0.717, 1.165) is 43.3 Å². The van der Waals surface area contributed by atoms with Gasteiger partial charge in [0, 0.05) is 36.2 Å². The fourth-order valence-corrected chi connectivity index (χ4v) is 4.36. The van der Waals surface area contributed by atoms with Crippen molar-refractivity contribution in [3.8, 4) is 0 Å². The van der Waals surface area contributed by atoms with Crippen LogP contribution >= 0.6 is 11.5 Å². The number of nitrogens with zero attached hydrogens (tertiary/aromatic N) is 5. The minimum Gasteiger partial charge on any atom is -0.368 e. The van der Waals surface area contributed by atoms with E-state index in [-0.39, 0.29) is 5.41 Å². The first-order chi connectivity index (χ1) is 10.2. The summed E-state index contributed by atoms with van der Waals surface area (Å²) in [5.74, 6) is 1.24. The third-order valence-electron chi connectivity index (χ3n) is 4.62. The molecule has 1 fully saturated rings. The van der Waals surface area contributed by atoms with Crippen molar-refractivity contribution in [2.24, 2.45) is 0 Å². The maximum atomic E-state index is 5.81. The lowest BCUT2D eigenvalue weighted by atomic mass is 9.77. The molecule has 4 rings (SSSR count). The summed E-state index contributed by atoms with van der Waals surface area (Å²) in [6.45, 7) is 3.95. The van der Waals surface area contributed by atoms with E-state index in [2.05, 4.69) is 24.2 Å². The van der Waals surface area contributed by atoms with Crippen LogP contribution in [0.25, 0.3) is 0 Å². The summed E-state index contributed by atoms with van der Waals surface area (Å²) in [4.78, 5) is 15.6. The first-order valence-corrected chi connectivity index (χ1v) is 8.11. The minimum atomic E-state index is 0.115. The third-order valence-corrected chi connectivity index (χ3v) is 5.49. The van der Waals surface area contributed by atoms with Crippen molar-refractivity contribution in [3.05, 3.63) is 23.3 Å². The quantitative estimate of drug-likeness (QED) is 0.863. The van der Waals surface area contributed by atoms with E-state index in [9.17, 15) is 0 Å². The van der Waals surface area contributed by atoms with Gasteiger partial charge in [-0.3, -0.25) is 0 Å². The second kappa shape index (κ2) is 4.62. The van der Waals surface area contributed by atoms with Crippen LogP contribution in [0.1, 0.15) is 36.3 Å². The molecular formula is C14H18N6S. The van der Waals surface area contributed by atoms with E-state index in [1.165, 1.54) is 29.2 Å². The van der Waals surface area contributed by atoms with Crippen molar-refractivity contribution in [2.75, 3.05) is 23.7 Å². The van der Waals surface area contributed by atoms with Crippen molar-refractivity contribution in [2.45, 2.75) is 38.0 Å². The van der Waals surface area contributed by atoms with Gasteiger partial charge in [-0.05, 0) is 38.2 Å². The van der Waals surface area contributed by atoms with Crippen LogP contribution in [0.15, 0.2) is 6.20 Å². The van der Waals surface area contributed by atoms with Crippen LogP contribution in [0, 0.1) is 6.92 Å². The average Bonchev–Trinajstić information content (AvgIpc) is 3.05. The Morgan fingerprint density at radius 1 is 1.33 bits per heavy atom. The van der Waals surface area contributed by atoms with Gasteiger partial charge >= 0.3 is 0 Å². The summed E-state index contributed by atoms with van der Waals surface area (Å²) < 4.78 is 4.31. The molecule has 3 heterocycles. The molecule has 0 radical (unpaired) electrons. The number of hydrogen-bond donors (Lipinski definition) is 1. The van der Waals surface area contributed by atoms with Crippen LogP contribution < -0.4 is 10.6 Å². The van der Waals surface area contributed by atoms with Gasteiger partial charge in [-0.2, -0.15) is 4.37 Å². The third kappa shape index (κ3) is 2.07. The van der Waals surface area contributed by atoms with Gasteiger partial charge in [-0.25, -0.2) is 15.0 Å². The van der Waals surface area contributed by atoms with Gasteiger partial charge < -0.3 is 10.6 Å². The van der Waals surface area contributed by atoms with Crippen LogP contribution in [0.3, 0.4) is 0 Å². The Hall–Kier alpha value is -1.76. The van der Waals surface area contributed by atoms with Gasteiger partial charge in [-0.1, -0.05) is 0 Å². The SMILES string of the molecule is Cc1nsc(N2CCCC3(CCc4cnc(N)nc43)C2)n1. The fourth-order valence-electron chi connectivity index (χ4n) is 3.66. The van der Waals surface area contributed by atoms with E-state index in [1.54, 1.807) is 0 Å². The summed E-state index contributed by atoms with van der Waals surface area (Å²) in [6, 6.07) is 0. The number of hydrogen-bond acceptors (Lipinski definition) is 7. The van der Waals surface area contributed by atoms with Crippen LogP contribution in [0.5, 0.6) is 0 Å². The maximum Gasteiger partial charge on any atom is 0.220 e. The van der Waals surface area contributed by atoms with Crippen molar-refractivity contribution in [1.82, 2.24) is 19.3 Å². The number of nitrogen functional groups attached to an aromatic ring is 1. The molecule has 1 unspecified atom stereocenters. The Labute approximate surface area is 127 Å². The molecule has 1 saturated heterocycles. The topological polar surface area (TPSA) is 80.8 Å². The zero-order valence-corrected chi connectivity index (χ0v) is 12.9. The minimum absolute atomic E-state index is 0.115. The summed E-state index contributed by atoms with van der Waals surface area (Å²) >= 11 is 1.49. The molecule has 110 valence electrons. The lowest BCUT2D eigenvalue weighted by Crippen LogP contribution is -2.45. The van der Waals surface area contributed by atoms with Crippen molar-refractivity contribution < 1.29 is 0 Å². The molecule has 0 saturated carbocycles. The van der Waals surface area contributed by atoms with Crippen LogP contribution in [0.2, 0.25) is 0 Å². The number of anilines is 2. The highest BCUT2D eigenvalue weighted by molar-refractivity contribution is 7.09. The van der Waals surface area contributed by atoms with Crippen LogP contribution in [0.4, 0.5) is 11.1 Å². The molecule has 0 amide bonds. The van der Waals surface area contributed by atoms with Gasteiger partial charge in [0.05, 0.1) is 5.69 Å². The molecule has 7 heteroatoms. The predicted molar refractivity (Wildman–Crippen MR) is 82.5 cm³/mol. The number of piperidine rings is 1. The molecule has 21 heavy (non-hydrogen) atoms. The highest BCUT2D eigenvalue weighted by Gasteiger charge is 2.44. The molecule has 1 aliphatic heterocycles. The summed E-state index contributed by atoms with van der Waals surface area (Å²) in [5, 5.41) is 1.03. The summed E-state index contributed by atoms with van der Waals surface area (Å²) in [6.07, 6.45) is 6.42. The normalized spacial score (nSPS) is 24.5. The second-order valence-corrected chi connectivity index (χ2v) is 6.76. The Kier molecular flexibility index (Phi) is 2.85. The van der Waals surface area contributed by atoms with E-state index < -0.39 is 0 Å². The van der Waals surface area contributed by atoms with Crippen LogP contribution in [-0.2, 0) is 11.8 Å². The fraction of sp³-hybridized carbons (Fsp3) is 0.571. The van der Waals surface area contributed by atoms with Gasteiger partial charge in [0.1, 0.15) is 5.82 Å². The zero-order valence-electron chi connectivity index (χ0n) is 12.0. The smallest absolute Gasteiger partial charge is 0.220 e. The summed E-state index contributed by atoms with van der Waals surface area (Å²) in [7, 11) is 0. The zero-order chi connectivity index (χ0) is 14.4. The highest BCUT2D eigenvalue weighted by Crippen LogP contribution is 2.44. The largest absolute Gasteiger partial charge is 0.368 e. The Bertz CT molecular complexity index is 680. The molecule has 2 aromatic heterocycles. The van der Waals surface area contributed by atoms with E-state index >= 15 is 0 Å². The monoisotopic (exact) mass is 302 g/mol. The Balaban J connectivity index is 1.69.